The zero-order chi connectivity index (χ0) is 15.6. The number of benzene rings is 1. The maximum atomic E-state index is 12.5. The molecule has 0 atom stereocenters. The summed E-state index contributed by atoms with van der Waals surface area (Å²) in [5, 5.41) is 10.6. The summed E-state index contributed by atoms with van der Waals surface area (Å²) >= 11 is 12.2. The number of hydrogen-bond acceptors (Lipinski definition) is 3. The van der Waals surface area contributed by atoms with Crippen LogP contribution in [0.2, 0.25) is 10.0 Å². The third-order valence-corrected chi connectivity index (χ3v) is 4.08. The molecule has 2 rings (SSSR count). The van der Waals surface area contributed by atoms with Gasteiger partial charge in [0.15, 0.2) is 0 Å². The normalized spacial score (nSPS) is 17.1. The minimum atomic E-state index is -0.724. The van der Waals surface area contributed by atoms with Gasteiger partial charge in [-0.1, -0.05) is 29.3 Å². The van der Waals surface area contributed by atoms with E-state index >= 15 is 0 Å². The molecule has 0 unspecified atom stereocenters. The van der Waals surface area contributed by atoms with Crippen LogP contribution in [0.1, 0.15) is 24.2 Å². The number of rotatable bonds is 3. The molecule has 0 saturated carbocycles. The summed E-state index contributed by atoms with van der Waals surface area (Å²) in [7, 11) is 0. The predicted octanol–water partition coefficient (Wildman–Crippen LogP) is 2.52. The van der Waals surface area contributed by atoms with Crippen molar-refractivity contribution in [1.29, 1.82) is 0 Å². The van der Waals surface area contributed by atoms with Gasteiger partial charge >= 0.3 is 0 Å². The van der Waals surface area contributed by atoms with Gasteiger partial charge in [0.2, 0.25) is 0 Å². The number of amides is 1. The second-order valence-electron chi connectivity index (χ2n) is 5.98. The van der Waals surface area contributed by atoms with Crippen LogP contribution in [0.25, 0.3) is 0 Å². The Morgan fingerprint density at radius 2 is 1.71 bits per heavy atom. The van der Waals surface area contributed by atoms with Crippen LogP contribution in [0, 0.1) is 0 Å². The largest absolute Gasteiger partial charge is 0.389 e. The fourth-order valence-electron chi connectivity index (χ4n) is 2.52. The van der Waals surface area contributed by atoms with Gasteiger partial charge in [-0.2, -0.15) is 0 Å². The van der Waals surface area contributed by atoms with E-state index in [0.29, 0.717) is 35.2 Å². The SMILES string of the molecule is CC(C)(O)CN1CCN(C(=O)c2c(Cl)cccc2Cl)CC1. The molecule has 1 heterocycles. The van der Waals surface area contributed by atoms with Crippen LogP contribution in [0.4, 0.5) is 0 Å². The molecule has 1 aliphatic heterocycles. The summed E-state index contributed by atoms with van der Waals surface area (Å²) in [5.74, 6) is -0.131. The highest BCUT2D eigenvalue weighted by atomic mass is 35.5. The zero-order valence-electron chi connectivity index (χ0n) is 12.3. The van der Waals surface area contributed by atoms with E-state index in [1.807, 2.05) is 0 Å². The third kappa shape index (κ3) is 4.33. The van der Waals surface area contributed by atoms with Crippen molar-refractivity contribution in [2.75, 3.05) is 32.7 Å². The standard InChI is InChI=1S/C15H20Cl2N2O2/c1-15(2,21)10-18-6-8-19(9-7-18)14(20)13-11(16)4-3-5-12(13)17/h3-5,21H,6-10H2,1-2H3. The Morgan fingerprint density at radius 3 is 2.19 bits per heavy atom. The lowest BCUT2D eigenvalue weighted by atomic mass is 10.1. The molecular weight excluding hydrogens is 311 g/mol. The van der Waals surface area contributed by atoms with Crippen LogP contribution in [-0.2, 0) is 0 Å². The minimum Gasteiger partial charge on any atom is -0.389 e. The number of hydrogen-bond donors (Lipinski definition) is 1. The summed E-state index contributed by atoms with van der Waals surface area (Å²) < 4.78 is 0. The second-order valence-corrected chi connectivity index (χ2v) is 6.79. The summed E-state index contributed by atoms with van der Waals surface area (Å²) in [4.78, 5) is 16.4. The van der Waals surface area contributed by atoms with Crippen molar-refractivity contribution >= 4 is 29.1 Å². The molecule has 1 aliphatic rings. The minimum absolute atomic E-state index is 0.131. The van der Waals surface area contributed by atoms with E-state index in [4.69, 9.17) is 23.2 Å². The summed E-state index contributed by atoms with van der Waals surface area (Å²) in [5.41, 5.74) is -0.352. The van der Waals surface area contributed by atoms with E-state index in [1.54, 1.807) is 36.9 Å². The molecule has 0 bridgehead atoms. The fraction of sp³-hybridized carbons (Fsp3) is 0.533. The summed E-state index contributed by atoms with van der Waals surface area (Å²) in [6.07, 6.45) is 0. The average molecular weight is 331 g/mol. The molecule has 1 aromatic carbocycles. The quantitative estimate of drug-likeness (QED) is 0.926. The third-order valence-electron chi connectivity index (χ3n) is 3.45. The molecule has 0 spiro atoms. The molecule has 116 valence electrons. The Balaban J connectivity index is 2.01. The zero-order valence-corrected chi connectivity index (χ0v) is 13.8. The summed E-state index contributed by atoms with van der Waals surface area (Å²) in [6.45, 7) is 6.85. The predicted molar refractivity (Wildman–Crippen MR) is 85.1 cm³/mol. The highest BCUT2D eigenvalue weighted by Gasteiger charge is 2.27. The van der Waals surface area contributed by atoms with E-state index < -0.39 is 5.60 Å². The van der Waals surface area contributed by atoms with Crippen LogP contribution in [0.5, 0.6) is 0 Å². The highest BCUT2D eigenvalue weighted by Crippen LogP contribution is 2.26. The Morgan fingerprint density at radius 1 is 1.19 bits per heavy atom. The number of carbonyl (C=O) groups excluding carboxylic acids is 1. The fourth-order valence-corrected chi connectivity index (χ4v) is 3.08. The first kappa shape index (κ1) is 16.6. The topological polar surface area (TPSA) is 43.8 Å². The van der Waals surface area contributed by atoms with Crippen molar-refractivity contribution in [1.82, 2.24) is 9.80 Å². The van der Waals surface area contributed by atoms with Crippen molar-refractivity contribution < 1.29 is 9.90 Å². The lowest BCUT2D eigenvalue weighted by Gasteiger charge is -2.37. The lowest BCUT2D eigenvalue weighted by Crippen LogP contribution is -2.52. The van der Waals surface area contributed by atoms with E-state index in [1.165, 1.54) is 0 Å². The van der Waals surface area contributed by atoms with Gasteiger partial charge in [0.25, 0.3) is 5.91 Å². The Hall–Kier alpha value is -0.810. The summed E-state index contributed by atoms with van der Waals surface area (Å²) in [6, 6.07) is 5.07. The van der Waals surface area contributed by atoms with E-state index in [-0.39, 0.29) is 5.91 Å². The average Bonchev–Trinajstić information content (AvgIpc) is 2.37. The molecule has 6 heteroatoms. The highest BCUT2D eigenvalue weighted by molar-refractivity contribution is 6.39. The molecule has 1 saturated heterocycles. The molecular formula is C15H20Cl2N2O2. The molecule has 0 aliphatic carbocycles. The number of nitrogens with zero attached hydrogens (tertiary/aromatic N) is 2. The Kier molecular flexibility index (Phi) is 5.15. The van der Waals surface area contributed by atoms with E-state index in [0.717, 1.165) is 13.1 Å². The molecule has 1 aromatic rings. The van der Waals surface area contributed by atoms with Crippen molar-refractivity contribution in [3.05, 3.63) is 33.8 Å². The maximum absolute atomic E-state index is 12.5. The van der Waals surface area contributed by atoms with Crippen molar-refractivity contribution in [2.45, 2.75) is 19.4 Å². The van der Waals surface area contributed by atoms with Gasteiger partial charge in [0, 0.05) is 32.7 Å². The van der Waals surface area contributed by atoms with Gasteiger partial charge in [0.05, 0.1) is 21.2 Å². The van der Waals surface area contributed by atoms with E-state index in [9.17, 15) is 9.90 Å². The second kappa shape index (κ2) is 6.53. The van der Waals surface area contributed by atoms with Gasteiger partial charge < -0.3 is 10.0 Å². The van der Waals surface area contributed by atoms with Crippen LogP contribution >= 0.6 is 23.2 Å². The van der Waals surface area contributed by atoms with Gasteiger partial charge in [-0.05, 0) is 26.0 Å². The Bertz CT molecular complexity index is 501. The lowest BCUT2D eigenvalue weighted by molar-refractivity contribution is 0.0178. The number of carbonyl (C=O) groups is 1. The van der Waals surface area contributed by atoms with Crippen molar-refractivity contribution in [2.24, 2.45) is 0 Å². The molecule has 21 heavy (non-hydrogen) atoms. The van der Waals surface area contributed by atoms with Crippen LogP contribution in [0.15, 0.2) is 18.2 Å². The van der Waals surface area contributed by atoms with Gasteiger partial charge in [-0.3, -0.25) is 9.69 Å². The van der Waals surface area contributed by atoms with Gasteiger partial charge in [0.1, 0.15) is 0 Å². The van der Waals surface area contributed by atoms with Crippen LogP contribution < -0.4 is 0 Å². The molecule has 0 aromatic heterocycles. The molecule has 1 fully saturated rings. The first-order chi connectivity index (χ1) is 9.78. The molecule has 0 radical (unpaired) electrons. The first-order valence-corrected chi connectivity index (χ1v) is 7.71. The number of piperazine rings is 1. The number of β-amino-alcohol motifs (C(OH)–C–C–N with tert-alkyl or cyclic N) is 1. The maximum Gasteiger partial charge on any atom is 0.256 e. The van der Waals surface area contributed by atoms with Crippen LogP contribution in [-0.4, -0.2) is 59.1 Å². The first-order valence-electron chi connectivity index (χ1n) is 6.96. The molecule has 1 amide bonds. The van der Waals surface area contributed by atoms with Crippen molar-refractivity contribution in [3.8, 4) is 0 Å². The van der Waals surface area contributed by atoms with Crippen molar-refractivity contribution in [3.63, 3.8) is 0 Å². The number of aliphatic hydroxyl groups is 1. The smallest absolute Gasteiger partial charge is 0.256 e. The van der Waals surface area contributed by atoms with Gasteiger partial charge in [-0.25, -0.2) is 0 Å². The monoisotopic (exact) mass is 330 g/mol. The molecule has 1 N–H and O–H groups in total. The number of halogens is 2. The van der Waals surface area contributed by atoms with E-state index in [2.05, 4.69) is 4.90 Å². The van der Waals surface area contributed by atoms with Crippen LogP contribution in [0.3, 0.4) is 0 Å². The Labute approximate surface area is 135 Å². The van der Waals surface area contributed by atoms with Gasteiger partial charge in [-0.15, -0.1) is 0 Å². The molecule has 4 nitrogen and oxygen atoms in total.